The summed E-state index contributed by atoms with van der Waals surface area (Å²) in [7, 11) is -1.96. The van der Waals surface area contributed by atoms with Crippen molar-refractivity contribution in [3.8, 4) is 0 Å². The second-order valence-electron chi connectivity index (χ2n) is 4.55. The van der Waals surface area contributed by atoms with Crippen molar-refractivity contribution in [1.29, 1.82) is 0 Å². The molecule has 1 aromatic carbocycles. The fourth-order valence-electron chi connectivity index (χ4n) is 1.78. The van der Waals surface area contributed by atoms with E-state index in [4.69, 9.17) is 0 Å². The van der Waals surface area contributed by atoms with E-state index in [1.54, 1.807) is 25.2 Å². The van der Waals surface area contributed by atoms with Gasteiger partial charge in [0.25, 0.3) is 0 Å². The van der Waals surface area contributed by atoms with Gasteiger partial charge in [-0.1, -0.05) is 6.07 Å². The molecule has 108 valence electrons. The Bertz CT molecular complexity index is 726. The van der Waals surface area contributed by atoms with Gasteiger partial charge >= 0.3 is 0 Å². The van der Waals surface area contributed by atoms with Crippen LogP contribution in [0.25, 0.3) is 0 Å². The molecule has 4 nitrogen and oxygen atoms in total. The molecule has 0 fully saturated rings. The quantitative estimate of drug-likeness (QED) is 0.824. The normalized spacial score (nSPS) is 12.1. The van der Waals surface area contributed by atoms with Crippen molar-refractivity contribution in [2.24, 2.45) is 0 Å². The van der Waals surface area contributed by atoms with Crippen LogP contribution < -0.4 is 0 Å². The van der Waals surface area contributed by atoms with Crippen LogP contribution in [0.2, 0.25) is 0 Å². The van der Waals surface area contributed by atoms with Gasteiger partial charge in [0.2, 0.25) is 10.0 Å². The van der Waals surface area contributed by atoms with Crippen LogP contribution in [0.4, 0.5) is 0 Å². The van der Waals surface area contributed by atoms with Crippen LogP contribution in [-0.2, 0) is 16.6 Å². The van der Waals surface area contributed by atoms with Crippen LogP contribution in [0.3, 0.4) is 0 Å². The Balaban J connectivity index is 2.29. The highest BCUT2D eigenvalue weighted by Crippen LogP contribution is 2.26. The van der Waals surface area contributed by atoms with Crippen molar-refractivity contribution in [3.05, 3.63) is 44.3 Å². The summed E-state index contributed by atoms with van der Waals surface area (Å²) < 4.78 is 27.0. The largest absolute Gasteiger partial charge is 0.245 e. The standard InChI is InChI=1S/C13H15BrN2O2S2/c1-9-4-5-13(12(14)6-9)20(17,18)16(3)7-11-8-19-10(2)15-11/h4-6,8H,7H2,1-3H3. The fourth-order valence-corrected chi connectivity index (χ4v) is 4.67. The van der Waals surface area contributed by atoms with E-state index in [0.717, 1.165) is 16.3 Å². The Morgan fingerprint density at radius 3 is 2.60 bits per heavy atom. The maximum Gasteiger partial charge on any atom is 0.244 e. The predicted molar refractivity (Wildman–Crippen MR) is 84.4 cm³/mol. The third-order valence-electron chi connectivity index (χ3n) is 2.83. The molecule has 0 bridgehead atoms. The summed E-state index contributed by atoms with van der Waals surface area (Å²) in [6.45, 7) is 4.09. The smallest absolute Gasteiger partial charge is 0.244 e. The van der Waals surface area contributed by atoms with Crippen molar-refractivity contribution < 1.29 is 8.42 Å². The Kier molecular flexibility index (Phi) is 4.63. The van der Waals surface area contributed by atoms with E-state index in [2.05, 4.69) is 20.9 Å². The van der Waals surface area contributed by atoms with Crippen LogP contribution in [0.1, 0.15) is 16.3 Å². The zero-order valence-corrected chi connectivity index (χ0v) is 14.6. The van der Waals surface area contributed by atoms with E-state index in [1.165, 1.54) is 15.6 Å². The van der Waals surface area contributed by atoms with Crippen LogP contribution in [0.15, 0.2) is 32.9 Å². The van der Waals surface area contributed by atoms with Crippen LogP contribution in [0.5, 0.6) is 0 Å². The first kappa shape index (κ1) is 15.6. The number of aryl methyl sites for hydroxylation is 2. The molecule has 0 N–H and O–H groups in total. The first-order valence-corrected chi connectivity index (χ1v) is 9.05. The molecule has 0 aliphatic heterocycles. The molecule has 0 saturated heterocycles. The molecule has 0 saturated carbocycles. The lowest BCUT2D eigenvalue weighted by Gasteiger charge is -2.17. The Labute approximate surface area is 131 Å². The molecule has 0 aliphatic rings. The molecule has 0 spiro atoms. The van der Waals surface area contributed by atoms with E-state index in [9.17, 15) is 8.42 Å². The zero-order chi connectivity index (χ0) is 14.9. The summed E-state index contributed by atoms with van der Waals surface area (Å²) in [6, 6.07) is 5.21. The highest BCUT2D eigenvalue weighted by Gasteiger charge is 2.24. The second kappa shape index (κ2) is 5.93. The molecule has 20 heavy (non-hydrogen) atoms. The SMILES string of the molecule is Cc1ccc(S(=O)(=O)N(C)Cc2csc(C)n2)c(Br)c1. The Hall–Kier alpha value is -0.760. The number of sulfonamides is 1. The fraction of sp³-hybridized carbons (Fsp3) is 0.308. The van der Waals surface area contributed by atoms with Gasteiger partial charge in [-0.3, -0.25) is 0 Å². The summed E-state index contributed by atoms with van der Waals surface area (Å²) in [4.78, 5) is 4.57. The molecule has 0 unspecified atom stereocenters. The monoisotopic (exact) mass is 374 g/mol. The minimum absolute atomic E-state index is 0.271. The summed E-state index contributed by atoms with van der Waals surface area (Å²) in [5.74, 6) is 0. The molecular formula is C13H15BrN2O2S2. The lowest BCUT2D eigenvalue weighted by molar-refractivity contribution is 0.462. The third kappa shape index (κ3) is 3.28. The first-order valence-electron chi connectivity index (χ1n) is 5.94. The summed E-state index contributed by atoms with van der Waals surface area (Å²) >= 11 is 4.84. The summed E-state index contributed by atoms with van der Waals surface area (Å²) in [6.07, 6.45) is 0. The van der Waals surface area contributed by atoms with Crippen molar-refractivity contribution in [2.75, 3.05) is 7.05 Å². The lowest BCUT2D eigenvalue weighted by atomic mass is 10.2. The van der Waals surface area contributed by atoms with Crippen LogP contribution >= 0.6 is 27.3 Å². The average molecular weight is 375 g/mol. The van der Waals surface area contributed by atoms with Gasteiger partial charge in [0.1, 0.15) is 0 Å². The molecule has 1 heterocycles. The van der Waals surface area contributed by atoms with Gasteiger partial charge in [-0.15, -0.1) is 11.3 Å². The van der Waals surface area contributed by atoms with Crippen molar-refractivity contribution in [3.63, 3.8) is 0 Å². The third-order valence-corrected chi connectivity index (χ3v) is 6.43. The van der Waals surface area contributed by atoms with E-state index in [1.807, 2.05) is 19.2 Å². The maximum atomic E-state index is 12.5. The molecular weight excluding hydrogens is 360 g/mol. The van der Waals surface area contributed by atoms with E-state index < -0.39 is 10.0 Å². The number of thiazole rings is 1. The van der Waals surface area contributed by atoms with Gasteiger partial charge in [0.05, 0.1) is 22.1 Å². The molecule has 1 aromatic heterocycles. The highest BCUT2D eigenvalue weighted by molar-refractivity contribution is 9.10. The van der Waals surface area contributed by atoms with Crippen molar-refractivity contribution in [2.45, 2.75) is 25.3 Å². The molecule has 7 heteroatoms. The van der Waals surface area contributed by atoms with E-state index in [-0.39, 0.29) is 11.4 Å². The number of rotatable bonds is 4. The maximum absolute atomic E-state index is 12.5. The van der Waals surface area contributed by atoms with Gasteiger partial charge in [0, 0.05) is 16.9 Å². The van der Waals surface area contributed by atoms with Gasteiger partial charge in [-0.2, -0.15) is 4.31 Å². The van der Waals surface area contributed by atoms with Crippen molar-refractivity contribution in [1.82, 2.24) is 9.29 Å². The summed E-state index contributed by atoms with van der Waals surface area (Å²) in [5.41, 5.74) is 1.77. The zero-order valence-electron chi connectivity index (χ0n) is 11.4. The average Bonchev–Trinajstić information content (AvgIpc) is 2.74. The number of hydrogen-bond donors (Lipinski definition) is 0. The molecule has 0 atom stereocenters. The lowest BCUT2D eigenvalue weighted by Crippen LogP contribution is -2.27. The predicted octanol–water partition coefficient (Wildman–Crippen LogP) is 3.34. The van der Waals surface area contributed by atoms with Gasteiger partial charge < -0.3 is 0 Å². The number of hydrogen-bond acceptors (Lipinski definition) is 4. The molecule has 0 radical (unpaired) electrons. The molecule has 2 aromatic rings. The van der Waals surface area contributed by atoms with Gasteiger partial charge in [-0.05, 0) is 47.5 Å². The minimum atomic E-state index is -3.52. The van der Waals surface area contributed by atoms with Crippen LogP contribution in [0, 0.1) is 13.8 Å². The molecule has 0 aliphatic carbocycles. The minimum Gasteiger partial charge on any atom is -0.245 e. The van der Waals surface area contributed by atoms with Gasteiger partial charge in [-0.25, -0.2) is 13.4 Å². The first-order chi connectivity index (χ1) is 9.30. The van der Waals surface area contributed by atoms with E-state index >= 15 is 0 Å². The van der Waals surface area contributed by atoms with E-state index in [0.29, 0.717) is 4.47 Å². The second-order valence-corrected chi connectivity index (χ2v) is 8.48. The highest BCUT2D eigenvalue weighted by atomic mass is 79.9. The van der Waals surface area contributed by atoms with Gasteiger partial charge in [0.15, 0.2) is 0 Å². The van der Waals surface area contributed by atoms with Crippen molar-refractivity contribution >= 4 is 37.3 Å². The Morgan fingerprint density at radius 2 is 2.05 bits per heavy atom. The number of benzene rings is 1. The Morgan fingerprint density at radius 1 is 1.35 bits per heavy atom. The number of aromatic nitrogens is 1. The summed E-state index contributed by atoms with van der Waals surface area (Å²) in [5, 5.41) is 2.81. The molecule has 0 amide bonds. The van der Waals surface area contributed by atoms with Crippen LogP contribution in [-0.4, -0.2) is 24.8 Å². The topological polar surface area (TPSA) is 50.3 Å². The number of nitrogens with zero attached hydrogens (tertiary/aromatic N) is 2. The number of halogens is 1. The molecule has 2 rings (SSSR count).